The fourth-order valence-electron chi connectivity index (χ4n) is 4.39. The molecule has 0 atom stereocenters. The van der Waals surface area contributed by atoms with Crippen molar-refractivity contribution in [2.45, 2.75) is 13.3 Å². The maximum atomic E-state index is 5.59. The van der Waals surface area contributed by atoms with Crippen LogP contribution in [0.1, 0.15) is 12.7 Å². The quantitative estimate of drug-likeness (QED) is 0.424. The van der Waals surface area contributed by atoms with Crippen molar-refractivity contribution in [1.29, 1.82) is 0 Å². The first kappa shape index (κ1) is 19.8. The molecule has 0 amide bonds. The highest BCUT2D eigenvalue weighted by Gasteiger charge is 2.24. The van der Waals surface area contributed by atoms with Crippen molar-refractivity contribution in [3.63, 3.8) is 0 Å². The van der Waals surface area contributed by atoms with Gasteiger partial charge in [0.15, 0.2) is 22.8 Å². The number of morpholine rings is 1. The van der Waals surface area contributed by atoms with E-state index in [9.17, 15) is 0 Å². The molecule has 1 fully saturated rings. The number of hydrogen-bond donors (Lipinski definition) is 0. The number of benzene rings is 1. The predicted molar refractivity (Wildman–Crippen MR) is 127 cm³/mol. The fraction of sp³-hybridized carbons (Fsp3) is 0.292. The van der Waals surface area contributed by atoms with Gasteiger partial charge in [0.2, 0.25) is 5.95 Å². The Labute approximate surface area is 190 Å². The summed E-state index contributed by atoms with van der Waals surface area (Å²) in [5, 5.41) is 0. The molecule has 1 saturated heterocycles. The van der Waals surface area contributed by atoms with Crippen molar-refractivity contribution >= 4 is 28.0 Å². The van der Waals surface area contributed by atoms with Crippen LogP contribution in [-0.2, 0) is 18.2 Å². The second-order valence-electron chi connectivity index (χ2n) is 8.03. The molecule has 1 aliphatic rings. The van der Waals surface area contributed by atoms with Crippen LogP contribution in [-0.4, -0.2) is 60.4 Å². The number of rotatable bonds is 4. The van der Waals surface area contributed by atoms with Gasteiger partial charge in [-0.1, -0.05) is 25.1 Å². The number of pyridine rings is 1. The summed E-state index contributed by atoms with van der Waals surface area (Å²) in [5.74, 6) is 3.11. The monoisotopic (exact) mass is 440 g/mol. The molecule has 166 valence electrons. The van der Waals surface area contributed by atoms with Crippen LogP contribution in [0, 0.1) is 0 Å². The Morgan fingerprint density at radius 2 is 1.76 bits per heavy atom. The van der Waals surface area contributed by atoms with Gasteiger partial charge in [-0.25, -0.2) is 9.97 Å². The third-order valence-electron chi connectivity index (χ3n) is 6.04. The van der Waals surface area contributed by atoms with Crippen LogP contribution in [0.4, 0.5) is 5.82 Å². The van der Waals surface area contributed by atoms with Crippen LogP contribution in [0.25, 0.3) is 39.7 Å². The van der Waals surface area contributed by atoms with Crippen LogP contribution >= 0.6 is 0 Å². The van der Waals surface area contributed by atoms with E-state index in [0.717, 1.165) is 64.9 Å². The van der Waals surface area contributed by atoms with Crippen molar-refractivity contribution in [2.75, 3.05) is 31.2 Å². The minimum Gasteiger partial charge on any atom is -0.378 e. The average molecular weight is 441 g/mol. The average Bonchev–Trinajstić information content (AvgIpc) is 3.42. The summed E-state index contributed by atoms with van der Waals surface area (Å²) in [7, 11) is 1.98. The Morgan fingerprint density at radius 1 is 0.939 bits per heavy atom. The Morgan fingerprint density at radius 3 is 2.55 bits per heavy atom. The molecule has 0 aliphatic carbocycles. The number of anilines is 1. The molecular weight excluding hydrogens is 416 g/mol. The molecule has 1 aromatic carbocycles. The van der Waals surface area contributed by atoms with Crippen molar-refractivity contribution in [3.8, 4) is 17.5 Å². The standard InChI is InChI=1S/C24H24N8O/c1-3-19-26-16-8-4-5-10-18(16)32(19)24-28-22-20(23(29-24)31-12-14-33-15-13-31)27-21(30(22)2)17-9-6-7-11-25-17/h4-11H,3,12-15H2,1-2H3. The Bertz CT molecular complexity index is 1450. The van der Waals surface area contributed by atoms with E-state index in [1.807, 2.05) is 48.0 Å². The number of aryl methyl sites for hydroxylation is 2. The normalized spacial score (nSPS) is 14.4. The molecule has 5 heterocycles. The fourth-order valence-corrected chi connectivity index (χ4v) is 4.39. The molecule has 4 aromatic heterocycles. The van der Waals surface area contributed by atoms with Gasteiger partial charge < -0.3 is 14.2 Å². The second-order valence-corrected chi connectivity index (χ2v) is 8.03. The molecule has 9 heteroatoms. The van der Waals surface area contributed by atoms with E-state index in [1.165, 1.54) is 0 Å². The number of hydrogen-bond acceptors (Lipinski definition) is 7. The summed E-state index contributed by atoms with van der Waals surface area (Å²) in [6.07, 6.45) is 2.55. The Kier molecular flexibility index (Phi) is 4.76. The van der Waals surface area contributed by atoms with Gasteiger partial charge in [-0.3, -0.25) is 9.55 Å². The zero-order valence-electron chi connectivity index (χ0n) is 18.6. The van der Waals surface area contributed by atoms with Crippen molar-refractivity contribution in [2.24, 2.45) is 7.05 Å². The topological polar surface area (TPSA) is 86.8 Å². The lowest BCUT2D eigenvalue weighted by Gasteiger charge is -2.28. The molecule has 1 aliphatic heterocycles. The first-order valence-corrected chi connectivity index (χ1v) is 11.2. The third-order valence-corrected chi connectivity index (χ3v) is 6.04. The smallest absolute Gasteiger partial charge is 0.239 e. The van der Waals surface area contributed by atoms with Gasteiger partial charge in [-0.2, -0.15) is 9.97 Å². The summed E-state index contributed by atoms with van der Waals surface area (Å²) in [6.45, 7) is 4.94. The molecule has 0 bridgehead atoms. The van der Waals surface area contributed by atoms with Crippen molar-refractivity contribution < 1.29 is 4.74 Å². The van der Waals surface area contributed by atoms with E-state index in [0.29, 0.717) is 19.2 Å². The first-order chi connectivity index (χ1) is 16.2. The molecule has 5 aromatic rings. The molecule has 9 nitrogen and oxygen atoms in total. The van der Waals surface area contributed by atoms with Gasteiger partial charge in [-0.05, 0) is 24.3 Å². The van der Waals surface area contributed by atoms with E-state index < -0.39 is 0 Å². The van der Waals surface area contributed by atoms with Crippen molar-refractivity contribution in [1.82, 2.24) is 34.1 Å². The summed E-state index contributed by atoms with van der Waals surface area (Å²) in [6, 6.07) is 13.9. The van der Waals surface area contributed by atoms with E-state index in [-0.39, 0.29) is 0 Å². The van der Waals surface area contributed by atoms with Crippen LogP contribution < -0.4 is 4.90 Å². The number of ether oxygens (including phenoxy) is 1. The number of fused-ring (bicyclic) bond motifs is 2. The summed E-state index contributed by atoms with van der Waals surface area (Å²) in [4.78, 5) is 26.6. The van der Waals surface area contributed by atoms with E-state index in [4.69, 9.17) is 24.7 Å². The van der Waals surface area contributed by atoms with E-state index in [1.54, 1.807) is 6.20 Å². The molecular formula is C24H24N8O. The molecule has 33 heavy (non-hydrogen) atoms. The number of nitrogens with zero attached hydrogens (tertiary/aromatic N) is 8. The van der Waals surface area contributed by atoms with Gasteiger partial charge >= 0.3 is 0 Å². The Balaban J connectivity index is 1.64. The van der Waals surface area contributed by atoms with Crippen LogP contribution in [0.5, 0.6) is 0 Å². The van der Waals surface area contributed by atoms with Crippen LogP contribution in [0.15, 0.2) is 48.7 Å². The maximum Gasteiger partial charge on any atom is 0.239 e. The molecule has 0 radical (unpaired) electrons. The van der Waals surface area contributed by atoms with Crippen molar-refractivity contribution in [3.05, 3.63) is 54.5 Å². The Hall–Kier alpha value is -3.85. The molecule has 0 unspecified atom stereocenters. The van der Waals surface area contributed by atoms with E-state index >= 15 is 0 Å². The second kappa shape index (κ2) is 7.93. The number of para-hydroxylation sites is 2. The van der Waals surface area contributed by atoms with Gasteiger partial charge in [0.1, 0.15) is 11.5 Å². The zero-order valence-corrected chi connectivity index (χ0v) is 18.6. The highest BCUT2D eigenvalue weighted by molar-refractivity contribution is 5.88. The lowest BCUT2D eigenvalue weighted by atomic mass is 10.3. The summed E-state index contributed by atoms with van der Waals surface area (Å²) < 4.78 is 9.65. The van der Waals surface area contributed by atoms with E-state index in [2.05, 4.69) is 27.4 Å². The lowest BCUT2D eigenvalue weighted by Crippen LogP contribution is -2.37. The van der Waals surface area contributed by atoms with Gasteiger partial charge in [0, 0.05) is 32.8 Å². The maximum absolute atomic E-state index is 5.59. The first-order valence-electron chi connectivity index (χ1n) is 11.2. The number of aromatic nitrogens is 7. The molecule has 6 rings (SSSR count). The summed E-state index contributed by atoms with van der Waals surface area (Å²) in [5.41, 5.74) is 4.27. The molecule has 0 spiro atoms. The summed E-state index contributed by atoms with van der Waals surface area (Å²) >= 11 is 0. The van der Waals surface area contributed by atoms with Gasteiger partial charge in [0.25, 0.3) is 0 Å². The molecule has 0 N–H and O–H groups in total. The minimum absolute atomic E-state index is 0.602. The highest BCUT2D eigenvalue weighted by Crippen LogP contribution is 2.30. The lowest BCUT2D eigenvalue weighted by molar-refractivity contribution is 0.122. The minimum atomic E-state index is 0.602. The molecule has 0 saturated carbocycles. The third kappa shape index (κ3) is 3.23. The van der Waals surface area contributed by atoms with Gasteiger partial charge in [-0.15, -0.1) is 0 Å². The largest absolute Gasteiger partial charge is 0.378 e. The highest BCUT2D eigenvalue weighted by atomic mass is 16.5. The van der Waals surface area contributed by atoms with Crippen LogP contribution in [0.2, 0.25) is 0 Å². The van der Waals surface area contributed by atoms with Gasteiger partial charge in [0.05, 0.1) is 24.2 Å². The SMILES string of the molecule is CCc1nc2ccccc2n1-c1nc(N2CCOCC2)c2nc(-c3ccccn3)n(C)c2n1. The van der Waals surface area contributed by atoms with Crippen LogP contribution in [0.3, 0.4) is 0 Å². The predicted octanol–water partition coefficient (Wildman–Crippen LogP) is 3.16. The number of imidazole rings is 2. The zero-order chi connectivity index (χ0) is 22.4.